The summed E-state index contributed by atoms with van der Waals surface area (Å²) in [5.41, 5.74) is 2.14. The van der Waals surface area contributed by atoms with Crippen LogP contribution in [0.5, 0.6) is 0 Å². The molecule has 1 fully saturated rings. The maximum atomic E-state index is 13.3. The van der Waals surface area contributed by atoms with Gasteiger partial charge in [-0.1, -0.05) is 75.1 Å². The van der Waals surface area contributed by atoms with Crippen molar-refractivity contribution in [2.75, 3.05) is 39.3 Å². The van der Waals surface area contributed by atoms with Gasteiger partial charge < -0.3 is 9.80 Å². The van der Waals surface area contributed by atoms with Crippen LogP contribution in [-0.2, 0) is 22.6 Å². The Balaban J connectivity index is 1.44. The lowest BCUT2D eigenvalue weighted by atomic mass is 10.1. The van der Waals surface area contributed by atoms with Crippen LogP contribution >= 0.6 is 0 Å². The maximum absolute atomic E-state index is 13.3. The summed E-state index contributed by atoms with van der Waals surface area (Å²) in [6.45, 7) is 7.25. The first-order valence-electron chi connectivity index (χ1n) is 13.6. The summed E-state index contributed by atoms with van der Waals surface area (Å²) in [6.07, 6.45) is 7.48. The van der Waals surface area contributed by atoms with Crippen LogP contribution in [-0.4, -0.2) is 65.8 Å². The quantitative estimate of drug-likeness (QED) is 0.335. The highest BCUT2D eigenvalue weighted by atomic mass is 19.1. The Morgan fingerprint density at radius 2 is 1.53 bits per heavy atom. The van der Waals surface area contributed by atoms with E-state index in [2.05, 4.69) is 24.0 Å². The van der Waals surface area contributed by atoms with Gasteiger partial charge in [0.25, 0.3) is 0 Å². The van der Waals surface area contributed by atoms with Gasteiger partial charge in [-0.05, 0) is 36.1 Å². The number of benzene rings is 2. The molecule has 196 valence electrons. The first-order valence-corrected chi connectivity index (χ1v) is 13.6. The number of nitrogens with zero attached hydrogens (tertiary/aromatic N) is 3. The van der Waals surface area contributed by atoms with E-state index in [0.717, 1.165) is 57.5 Å². The van der Waals surface area contributed by atoms with E-state index in [-0.39, 0.29) is 17.6 Å². The smallest absolute Gasteiger partial charge is 0.222 e. The number of halogens is 1. The molecule has 1 aliphatic heterocycles. The van der Waals surface area contributed by atoms with Gasteiger partial charge in [0.1, 0.15) is 5.82 Å². The zero-order valence-corrected chi connectivity index (χ0v) is 21.8. The van der Waals surface area contributed by atoms with Gasteiger partial charge in [0, 0.05) is 58.7 Å². The van der Waals surface area contributed by atoms with Crippen molar-refractivity contribution < 1.29 is 14.0 Å². The van der Waals surface area contributed by atoms with Gasteiger partial charge >= 0.3 is 0 Å². The number of carbonyl (C=O) groups is 2. The molecule has 6 heteroatoms. The molecule has 5 nitrogen and oxygen atoms in total. The molecule has 0 saturated carbocycles. The van der Waals surface area contributed by atoms with Crippen LogP contribution in [0.3, 0.4) is 0 Å². The van der Waals surface area contributed by atoms with E-state index >= 15 is 0 Å². The molecule has 1 heterocycles. The normalized spacial score (nSPS) is 14.1. The Hall–Kier alpha value is -2.73. The van der Waals surface area contributed by atoms with Crippen molar-refractivity contribution in [3.8, 4) is 0 Å². The number of amides is 2. The predicted octanol–water partition coefficient (Wildman–Crippen LogP) is 5.29. The van der Waals surface area contributed by atoms with Gasteiger partial charge in [-0.15, -0.1) is 0 Å². The van der Waals surface area contributed by atoms with Gasteiger partial charge in [-0.25, -0.2) is 4.39 Å². The van der Waals surface area contributed by atoms with Crippen molar-refractivity contribution in [1.29, 1.82) is 0 Å². The van der Waals surface area contributed by atoms with Crippen molar-refractivity contribution in [3.63, 3.8) is 0 Å². The molecule has 1 aliphatic rings. The first-order chi connectivity index (χ1) is 17.5. The summed E-state index contributed by atoms with van der Waals surface area (Å²) in [7, 11) is 0. The van der Waals surface area contributed by atoms with Gasteiger partial charge in [0.05, 0.1) is 0 Å². The molecule has 0 radical (unpaired) electrons. The largest absolute Gasteiger partial charge is 0.340 e. The van der Waals surface area contributed by atoms with Crippen LogP contribution in [0, 0.1) is 5.82 Å². The van der Waals surface area contributed by atoms with E-state index in [9.17, 15) is 14.0 Å². The molecule has 2 aromatic rings. The highest BCUT2D eigenvalue weighted by molar-refractivity contribution is 5.77. The predicted molar refractivity (Wildman–Crippen MR) is 143 cm³/mol. The fourth-order valence-electron chi connectivity index (χ4n) is 4.68. The Labute approximate surface area is 216 Å². The second-order valence-electron chi connectivity index (χ2n) is 9.81. The topological polar surface area (TPSA) is 43.9 Å². The zero-order chi connectivity index (χ0) is 25.6. The lowest BCUT2D eigenvalue weighted by Crippen LogP contribution is -2.50. The van der Waals surface area contributed by atoms with Crippen LogP contribution in [0.4, 0.5) is 4.39 Å². The van der Waals surface area contributed by atoms with E-state index in [0.29, 0.717) is 25.9 Å². The van der Waals surface area contributed by atoms with Crippen molar-refractivity contribution in [2.24, 2.45) is 0 Å². The number of hydrogen-bond donors (Lipinski definition) is 0. The van der Waals surface area contributed by atoms with Gasteiger partial charge in [-0.3, -0.25) is 14.5 Å². The van der Waals surface area contributed by atoms with Gasteiger partial charge in [0.15, 0.2) is 0 Å². The summed E-state index contributed by atoms with van der Waals surface area (Å²) in [6, 6.07) is 16.6. The van der Waals surface area contributed by atoms with Crippen LogP contribution in [0.15, 0.2) is 54.6 Å². The Morgan fingerprint density at radius 3 is 2.22 bits per heavy atom. The van der Waals surface area contributed by atoms with Gasteiger partial charge in [0.2, 0.25) is 11.8 Å². The fourth-order valence-corrected chi connectivity index (χ4v) is 4.68. The Bertz CT molecular complexity index is 912. The highest BCUT2D eigenvalue weighted by Crippen LogP contribution is 2.13. The molecular weight excluding hydrogens is 453 g/mol. The maximum Gasteiger partial charge on any atom is 0.222 e. The minimum absolute atomic E-state index is 0.172. The Morgan fingerprint density at radius 1 is 0.833 bits per heavy atom. The Kier molecular flexibility index (Phi) is 11.9. The molecule has 0 atom stereocenters. The zero-order valence-electron chi connectivity index (χ0n) is 21.8. The number of hydrogen-bond acceptors (Lipinski definition) is 3. The SMILES string of the molecule is CCCCCCCC(=O)N(CCN1CCN(C(=O)CCc2ccccc2)CC1)Cc1ccc(F)cc1. The standard InChI is InChI=1S/C30H42FN3O2/c1-2-3-4-5-9-12-29(35)34(25-27-13-16-28(31)17-14-27)24-21-32-19-22-33(23-20-32)30(36)18-15-26-10-7-6-8-11-26/h6-8,10-11,13-14,16-17H,2-5,9,12,15,18-25H2,1H3. The van der Waals surface area contributed by atoms with E-state index in [1.807, 2.05) is 28.0 Å². The minimum Gasteiger partial charge on any atom is -0.340 e. The average molecular weight is 496 g/mol. The third-order valence-electron chi connectivity index (χ3n) is 7.02. The van der Waals surface area contributed by atoms with Crippen molar-refractivity contribution in [1.82, 2.24) is 14.7 Å². The molecule has 2 aromatic carbocycles. The third-order valence-corrected chi connectivity index (χ3v) is 7.02. The van der Waals surface area contributed by atoms with Crippen molar-refractivity contribution in [3.05, 3.63) is 71.5 Å². The molecule has 3 rings (SSSR count). The second kappa shape index (κ2) is 15.4. The molecule has 0 aromatic heterocycles. The molecule has 0 spiro atoms. The van der Waals surface area contributed by atoms with Crippen LogP contribution < -0.4 is 0 Å². The summed E-state index contributed by atoms with van der Waals surface area (Å²) < 4.78 is 13.3. The number of unbranched alkanes of at least 4 members (excludes halogenated alkanes) is 4. The van der Waals surface area contributed by atoms with Crippen molar-refractivity contribution in [2.45, 2.75) is 64.8 Å². The lowest BCUT2D eigenvalue weighted by molar-refractivity contribution is -0.133. The molecule has 2 amide bonds. The van der Waals surface area contributed by atoms with E-state index in [1.165, 1.54) is 37.0 Å². The first kappa shape index (κ1) is 27.9. The van der Waals surface area contributed by atoms with Crippen LogP contribution in [0.1, 0.15) is 63.0 Å². The number of piperazine rings is 1. The molecule has 0 unspecified atom stereocenters. The van der Waals surface area contributed by atoms with Crippen LogP contribution in [0.2, 0.25) is 0 Å². The number of rotatable bonds is 14. The van der Waals surface area contributed by atoms with E-state index in [1.54, 1.807) is 12.1 Å². The summed E-state index contributed by atoms with van der Waals surface area (Å²) >= 11 is 0. The summed E-state index contributed by atoms with van der Waals surface area (Å²) in [5.74, 6) is 0.129. The molecule has 0 N–H and O–H groups in total. The summed E-state index contributed by atoms with van der Waals surface area (Å²) in [4.78, 5) is 31.9. The minimum atomic E-state index is -0.260. The molecule has 0 bridgehead atoms. The molecule has 0 aliphatic carbocycles. The van der Waals surface area contributed by atoms with Crippen molar-refractivity contribution >= 4 is 11.8 Å². The lowest BCUT2D eigenvalue weighted by Gasteiger charge is -2.36. The van der Waals surface area contributed by atoms with Gasteiger partial charge in [-0.2, -0.15) is 0 Å². The number of aryl methyl sites for hydroxylation is 1. The summed E-state index contributed by atoms with van der Waals surface area (Å²) in [5, 5.41) is 0. The van der Waals surface area contributed by atoms with Crippen LogP contribution in [0.25, 0.3) is 0 Å². The second-order valence-corrected chi connectivity index (χ2v) is 9.81. The number of carbonyl (C=O) groups excluding carboxylic acids is 2. The van der Waals surface area contributed by atoms with E-state index in [4.69, 9.17) is 0 Å². The fraction of sp³-hybridized carbons (Fsp3) is 0.533. The van der Waals surface area contributed by atoms with E-state index < -0.39 is 0 Å². The average Bonchev–Trinajstić information content (AvgIpc) is 2.91. The third kappa shape index (κ3) is 9.73. The monoisotopic (exact) mass is 495 g/mol. The molecule has 1 saturated heterocycles. The highest BCUT2D eigenvalue weighted by Gasteiger charge is 2.22. The molecule has 36 heavy (non-hydrogen) atoms. The molecular formula is C30H42FN3O2.